The van der Waals surface area contributed by atoms with E-state index in [0.717, 1.165) is 10.7 Å². The minimum absolute atomic E-state index is 0.280. The molecule has 2 aromatic heterocycles. The number of rotatable bonds is 4. The molecular weight excluding hydrogens is 258 g/mol. The van der Waals surface area contributed by atoms with Gasteiger partial charge in [-0.25, -0.2) is 4.98 Å². The summed E-state index contributed by atoms with van der Waals surface area (Å²) in [6.45, 7) is 1.76. The Morgan fingerprint density at radius 1 is 1.65 bits per heavy atom. The Hall–Kier alpha value is -1.34. The number of nitrogens with one attached hydrogen (secondary N) is 1. The van der Waals surface area contributed by atoms with Crippen LogP contribution >= 0.6 is 23.1 Å². The third-order valence-electron chi connectivity index (χ3n) is 2.03. The number of H-pyrrole nitrogens is 1. The maximum Gasteiger partial charge on any atom is 0.318 e. The van der Waals surface area contributed by atoms with Crippen molar-refractivity contribution >= 4 is 29.1 Å². The van der Waals surface area contributed by atoms with Gasteiger partial charge in [-0.2, -0.15) is 0 Å². The first-order valence-corrected chi connectivity index (χ1v) is 6.67. The van der Waals surface area contributed by atoms with Crippen molar-refractivity contribution in [3.8, 4) is 10.7 Å². The molecule has 0 fully saturated rings. The van der Waals surface area contributed by atoms with Crippen LogP contribution in [0.5, 0.6) is 0 Å². The smallest absolute Gasteiger partial charge is 0.318 e. The molecule has 0 aromatic carbocycles. The lowest BCUT2D eigenvalue weighted by Gasteiger charge is -2.04. The molecule has 0 saturated carbocycles. The van der Waals surface area contributed by atoms with E-state index >= 15 is 0 Å². The highest BCUT2D eigenvalue weighted by Gasteiger charge is 2.17. The number of hydrogen-bond donors (Lipinski definition) is 1. The number of thiophene rings is 1. The fourth-order valence-electron chi connectivity index (χ4n) is 1.19. The zero-order valence-electron chi connectivity index (χ0n) is 9.34. The first kappa shape index (κ1) is 12.1. The summed E-state index contributed by atoms with van der Waals surface area (Å²) < 4.78 is 4.64. The van der Waals surface area contributed by atoms with Gasteiger partial charge in [0.15, 0.2) is 5.82 Å². The summed E-state index contributed by atoms with van der Waals surface area (Å²) in [5.74, 6) is 0.442. The van der Waals surface area contributed by atoms with Crippen LogP contribution in [0.3, 0.4) is 0 Å². The molecule has 0 saturated heterocycles. The first-order chi connectivity index (χ1) is 8.20. The van der Waals surface area contributed by atoms with Gasteiger partial charge >= 0.3 is 5.97 Å². The lowest BCUT2D eigenvalue weighted by atomic mass is 10.4. The van der Waals surface area contributed by atoms with Crippen molar-refractivity contribution in [1.82, 2.24) is 15.2 Å². The summed E-state index contributed by atoms with van der Waals surface area (Å²) in [5, 5.41) is 9.11. The van der Waals surface area contributed by atoms with Gasteiger partial charge in [0, 0.05) is 0 Å². The number of aromatic nitrogens is 3. The highest BCUT2D eigenvalue weighted by Crippen LogP contribution is 2.25. The predicted octanol–water partition coefficient (Wildman–Crippen LogP) is 2.19. The average Bonchev–Trinajstić information content (AvgIpc) is 2.97. The molecule has 17 heavy (non-hydrogen) atoms. The molecule has 0 radical (unpaired) electrons. The van der Waals surface area contributed by atoms with E-state index in [0.29, 0.717) is 5.16 Å². The number of carbonyl (C=O) groups excluding carboxylic acids is 1. The second kappa shape index (κ2) is 5.33. The van der Waals surface area contributed by atoms with Crippen LogP contribution in [0.25, 0.3) is 10.7 Å². The van der Waals surface area contributed by atoms with Gasteiger partial charge in [-0.05, 0) is 18.4 Å². The average molecular weight is 269 g/mol. The number of esters is 1. The molecule has 0 aliphatic heterocycles. The fourth-order valence-corrected chi connectivity index (χ4v) is 2.61. The Balaban J connectivity index is 2.06. The van der Waals surface area contributed by atoms with Crippen LogP contribution in [-0.2, 0) is 9.53 Å². The van der Waals surface area contributed by atoms with Crippen LogP contribution in [0.1, 0.15) is 6.92 Å². The number of methoxy groups -OCH3 is 1. The summed E-state index contributed by atoms with van der Waals surface area (Å²) in [5.41, 5.74) is 0. The Bertz CT molecular complexity index is 495. The van der Waals surface area contributed by atoms with Crippen LogP contribution < -0.4 is 0 Å². The lowest BCUT2D eigenvalue weighted by Crippen LogP contribution is -2.14. The first-order valence-electron chi connectivity index (χ1n) is 4.91. The number of hydrogen-bond acceptors (Lipinski definition) is 6. The second-order valence-corrected chi connectivity index (χ2v) is 5.48. The fraction of sp³-hybridized carbons (Fsp3) is 0.300. The minimum atomic E-state index is -0.313. The third kappa shape index (κ3) is 2.86. The summed E-state index contributed by atoms with van der Waals surface area (Å²) in [7, 11) is 1.37. The number of aromatic amines is 1. The summed E-state index contributed by atoms with van der Waals surface area (Å²) in [4.78, 5) is 16.6. The van der Waals surface area contributed by atoms with E-state index < -0.39 is 0 Å². The van der Waals surface area contributed by atoms with Gasteiger partial charge in [-0.1, -0.05) is 17.8 Å². The quantitative estimate of drug-likeness (QED) is 0.680. The Kier molecular flexibility index (Phi) is 3.80. The van der Waals surface area contributed by atoms with E-state index in [9.17, 15) is 4.79 Å². The SMILES string of the molecule is COC(=O)[C@H](C)Sc1n[nH]c(-c2cccs2)n1. The van der Waals surface area contributed by atoms with Crippen LogP contribution in [-0.4, -0.2) is 33.5 Å². The second-order valence-electron chi connectivity index (χ2n) is 3.23. The monoisotopic (exact) mass is 269 g/mol. The topological polar surface area (TPSA) is 67.9 Å². The van der Waals surface area contributed by atoms with Gasteiger partial charge in [-0.3, -0.25) is 9.89 Å². The third-order valence-corrected chi connectivity index (χ3v) is 3.85. The maximum atomic E-state index is 11.2. The maximum absolute atomic E-state index is 11.2. The summed E-state index contributed by atoms with van der Waals surface area (Å²) in [6, 6.07) is 3.91. The molecule has 5 nitrogen and oxygen atoms in total. The van der Waals surface area contributed by atoms with Gasteiger partial charge in [0.25, 0.3) is 0 Å². The summed E-state index contributed by atoms with van der Waals surface area (Å²) in [6.07, 6.45) is 0. The Morgan fingerprint density at radius 2 is 2.47 bits per heavy atom. The van der Waals surface area contributed by atoms with E-state index in [-0.39, 0.29) is 11.2 Å². The van der Waals surface area contributed by atoms with E-state index in [1.54, 1.807) is 18.3 Å². The molecule has 0 aliphatic carbocycles. The molecule has 0 amide bonds. The van der Waals surface area contributed by atoms with Crippen LogP contribution in [0, 0.1) is 0 Å². The minimum Gasteiger partial charge on any atom is -0.468 e. The van der Waals surface area contributed by atoms with E-state index in [1.165, 1.54) is 18.9 Å². The molecule has 0 bridgehead atoms. The van der Waals surface area contributed by atoms with Gasteiger partial charge in [0.2, 0.25) is 5.16 Å². The summed E-state index contributed by atoms with van der Waals surface area (Å²) >= 11 is 2.86. The number of thioether (sulfide) groups is 1. The number of carbonyl (C=O) groups is 1. The largest absolute Gasteiger partial charge is 0.468 e. The molecule has 90 valence electrons. The standard InChI is InChI=1S/C10H11N3O2S2/c1-6(9(14)15-2)17-10-11-8(12-13-10)7-4-3-5-16-7/h3-6H,1-2H3,(H,11,12,13)/t6-/m0/s1. The molecule has 0 aliphatic rings. The number of nitrogens with zero attached hydrogens (tertiary/aromatic N) is 2. The highest BCUT2D eigenvalue weighted by atomic mass is 32.2. The van der Waals surface area contributed by atoms with Crippen molar-refractivity contribution in [2.24, 2.45) is 0 Å². The molecule has 2 rings (SSSR count). The number of ether oxygens (including phenoxy) is 1. The van der Waals surface area contributed by atoms with Gasteiger partial charge in [-0.15, -0.1) is 16.4 Å². The van der Waals surface area contributed by atoms with Crippen molar-refractivity contribution in [2.45, 2.75) is 17.3 Å². The molecule has 0 spiro atoms. The molecule has 7 heteroatoms. The van der Waals surface area contributed by atoms with Crippen LogP contribution in [0.4, 0.5) is 0 Å². The molecule has 2 aromatic rings. The molecule has 1 atom stereocenters. The molecule has 1 N–H and O–H groups in total. The van der Waals surface area contributed by atoms with Gasteiger partial charge in [0.05, 0.1) is 12.0 Å². The van der Waals surface area contributed by atoms with Crippen molar-refractivity contribution in [3.63, 3.8) is 0 Å². The Morgan fingerprint density at radius 3 is 3.12 bits per heavy atom. The van der Waals surface area contributed by atoms with Crippen LogP contribution in [0.2, 0.25) is 0 Å². The Labute approximate surface area is 107 Å². The van der Waals surface area contributed by atoms with Crippen molar-refractivity contribution in [1.29, 1.82) is 0 Å². The zero-order valence-corrected chi connectivity index (χ0v) is 11.0. The van der Waals surface area contributed by atoms with E-state index in [2.05, 4.69) is 19.9 Å². The van der Waals surface area contributed by atoms with Crippen molar-refractivity contribution in [2.75, 3.05) is 7.11 Å². The van der Waals surface area contributed by atoms with E-state index in [1.807, 2.05) is 17.5 Å². The molecule has 2 heterocycles. The van der Waals surface area contributed by atoms with Gasteiger partial charge < -0.3 is 4.74 Å². The lowest BCUT2D eigenvalue weighted by molar-refractivity contribution is -0.139. The van der Waals surface area contributed by atoms with Gasteiger partial charge in [0.1, 0.15) is 5.25 Å². The van der Waals surface area contributed by atoms with E-state index in [4.69, 9.17) is 0 Å². The van der Waals surface area contributed by atoms with Crippen molar-refractivity contribution < 1.29 is 9.53 Å². The molecular formula is C10H11N3O2S2. The zero-order chi connectivity index (χ0) is 12.3. The van der Waals surface area contributed by atoms with Crippen LogP contribution in [0.15, 0.2) is 22.7 Å². The normalized spacial score (nSPS) is 12.4. The predicted molar refractivity (Wildman–Crippen MR) is 67.0 cm³/mol. The van der Waals surface area contributed by atoms with Crippen molar-refractivity contribution in [3.05, 3.63) is 17.5 Å². The highest BCUT2D eigenvalue weighted by molar-refractivity contribution is 8.00. The molecule has 0 unspecified atom stereocenters.